The van der Waals surface area contributed by atoms with Gasteiger partial charge in [-0.25, -0.2) is 9.59 Å². The molecule has 0 spiro atoms. The summed E-state index contributed by atoms with van der Waals surface area (Å²) in [4.78, 5) is 24.0. The maximum absolute atomic E-state index is 12.2. The van der Waals surface area contributed by atoms with Gasteiger partial charge in [0.05, 0.1) is 18.2 Å². The van der Waals surface area contributed by atoms with Crippen molar-refractivity contribution in [2.24, 2.45) is 0 Å². The molecule has 5 nitrogen and oxygen atoms in total. The highest BCUT2D eigenvalue weighted by Gasteiger charge is 2.33. The number of benzene rings is 1. The highest BCUT2D eigenvalue weighted by molar-refractivity contribution is 9.09. The van der Waals surface area contributed by atoms with Gasteiger partial charge in [0.25, 0.3) is 0 Å². The normalized spacial score (nSPS) is 18.0. The molecule has 21 heavy (non-hydrogen) atoms. The van der Waals surface area contributed by atoms with Gasteiger partial charge >= 0.3 is 12.0 Å². The Hall–Kier alpha value is -1.53. The number of allylic oxidation sites excluding steroid dienone is 1. The molecule has 2 N–H and O–H groups in total. The van der Waals surface area contributed by atoms with Gasteiger partial charge in [-0.05, 0) is 24.6 Å². The second-order valence-electron chi connectivity index (χ2n) is 4.33. The van der Waals surface area contributed by atoms with E-state index in [9.17, 15) is 9.59 Å². The second-order valence-corrected chi connectivity index (χ2v) is 5.33. The summed E-state index contributed by atoms with van der Waals surface area (Å²) in [5.41, 5.74) is 1.64. The molecular weight excluding hydrogens is 360 g/mol. The Morgan fingerprint density at radius 1 is 1.38 bits per heavy atom. The van der Waals surface area contributed by atoms with Crippen LogP contribution in [-0.4, -0.2) is 23.9 Å². The van der Waals surface area contributed by atoms with Gasteiger partial charge in [-0.1, -0.05) is 39.7 Å². The topological polar surface area (TPSA) is 67.4 Å². The van der Waals surface area contributed by atoms with Crippen LogP contribution in [0.5, 0.6) is 0 Å². The molecule has 7 heteroatoms. The molecule has 1 aliphatic heterocycles. The number of urea groups is 1. The largest absolute Gasteiger partial charge is 0.463 e. The Bertz CT molecular complexity index is 586. The van der Waals surface area contributed by atoms with Crippen LogP contribution < -0.4 is 10.6 Å². The summed E-state index contributed by atoms with van der Waals surface area (Å²) in [6, 6.07) is 6.02. The second kappa shape index (κ2) is 6.95. The Kier molecular flexibility index (Phi) is 5.25. The van der Waals surface area contributed by atoms with Crippen molar-refractivity contribution >= 4 is 39.5 Å². The molecule has 1 aromatic rings. The smallest absolute Gasteiger partial charge is 0.338 e. The molecule has 0 aromatic heterocycles. The summed E-state index contributed by atoms with van der Waals surface area (Å²) in [7, 11) is 0. The van der Waals surface area contributed by atoms with Crippen LogP contribution in [-0.2, 0) is 9.53 Å². The maximum atomic E-state index is 12.2. The fourth-order valence-corrected chi connectivity index (χ4v) is 2.65. The van der Waals surface area contributed by atoms with Crippen LogP contribution in [0.15, 0.2) is 35.5 Å². The van der Waals surface area contributed by atoms with Crippen molar-refractivity contribution in [3.63, 3.8) is 0 Å². The van der Waals surface area contributed by atoms with Crippen molar-refractivity contribution in [3.05, 3.63) is 46.1 Å². The lowest BCUT2D eigenvalue weighted by atomic mass is 9.96. The molecule has 112 valence electrons. The average Bonchev–Trinajstić information content (AvgIpc) is 2.47. The Morgan fingerprint density at radius 2 is 2.05 bits per heavy atom. The standard InChI is InChI=1S/C14H14BrClN2O3/c1-2-21-13(19)11-10(7-15)17-14(20)18-12(11)8-3-5-9(16)6-4-8/h3-6,12H,2,7H2,1H3,(H2,17,18,20)/t12-/m0/s1. The van der Waals surface area contributed by atoms with Crippen LogP contribution in [0, 0.1) is 0 Å². The SMILES string of the molecule is CCOC(=O)C1=C(CBr)NC(=O)N[C@H]1c1ccc(Cl)cc1. The molecule has 0 fully saturated rings. The minimum Gasteiger partial charge on any atom is -0.463 e. The van der Waals surface area contributed by atoms with Crippen molar-refractivity contribution in [1.29, 1.82) is 0 Å². The highest BCUT2D eigenvalue weighted by Crippen LogP contribution is 2.29. The van der Waals surface area contributed by atoms with E-state index in [1.54, 1.807) is 31.2 Å². The fraction of sp³-hybridized carbons (Fsp3) is 0.286. The number of ether oxygens (including phenoxy) is 1. The summed E-state index contributed by atoms with van der Waals surface area (Å²) in [6.07, 6.45) is 0. The van der Waals surface area contributed by atoms with Crippen molar-refractivity contribution in [1.82, 2.24) is 10.6 Å². The van der Waals surface area contributed by atoms with E-state index >= 15 is 0 Å². The Morgan fingerprint density at radius 3 is 2.62 bits per heavy atom. The summed E-state index contributed by atoms with van der Waals surface area (Å²) in [6.45, 7) is 2.00. The molecule has 0 saturated carbocycles. The number of nitrogens with one attached hydrogen (secondary N) is 2. The summed E-state index contributed by atoms with van der Waals surface area (Å²) in [5, 5.41) is 6.29. The number of halogens is 2. The lowest BCUT2D eigenvalue weighted by molar-refractivity contribution is -0.139. The van der Waals surface area contributed by atoms with Crippen LogP contribution in [0.2, 0.25) is 5.02 Å². The summed E-state index contributed by atoms with van der Waals surface area (Å²) < 4.78 is 5.09. The van der Waals surface area contributed by atoms with E-state index in [0.717, 1.165) is 5.56 Å². The molecular formula is C14H14BrClN2O3. The third kappa shape index (κ3) is 3.57. The predicted molar refractivity (Wildman–Crippen MR) is 83.3 cm³/mol. The van der Waals surface area contributed by atoms with E-state index < -0.39 is 12.0 Å². The van der Waals surface area contributed by atoms with Crippen LogP contribution in [0.25, 0.3) is 0 Å². The first-order chi connectivity index (χ1) is 10.1. The van der Waals surface area contributed by atoms with Crippen LogP contribution >= 0.6 is 27.5 Å². The molecule has 0 saturated heterocycles. The van der Waals surface area contributed by atoms with Crippen molar-refractivity contribution in [2.45, 2.75) is 13.0 Å². The zero-order valence-corrected chi connectivity index (χ0v) is 13.6. The van der Waals surface area contributed by atoms with Gasteiger partial charge in [-0.3, -0.25) is 0 Å². The predicted octanol–water partition coefficient (Wildman–Crippen LogP) is 2.91. The molecule has 0 aliphatic carbocycles. The molecule has 1 atom stereocenters. The van der Waals surface area contributed by atoms with Gasteiger partial charge in [0, 0.05) is 16.0 Å². The monoisotopic (exact) mass is 372 g/mol. The average molecular weight is 374 g/mol. The number of hydrogen-bond acceptors (Lipinski definition) is 3. The fourth-order valence-electron chi connectivity index (χ4n) is 2.08. The minimum absolute atomic E-state index is 0.263. The maximum Gasteiger partial charge on any atom is 0.338 e. The summed E-state index contributed by atoms with van der Waals surface area (Å²) >= 11 is 9.15. The summed E-state index contributed by atoms with van der Waals surface area (Å²) in [5.74, 6) is -0.459. The van der Waals surface area contributed by atoms with Gasteiger partial charge in [0.15, 0.2) is 0 Å². The van der Waals surface area contributed by atoms with Crippen molar-refractivity contribution in [3.8, 4) is 0 Å². The highest BCUT2D eigenvalue weighted by atomic mass is 79.9. The molecule has 1 aliphatic rings. The minimum atomic E-state index is -0.567. The lowest BCUT2D eigenvalue weighted by Crippen LogP contribution is -2.46. The van der Waals surface area contributed by atoms with Crippen molar-refractivity contribution in [2.75, 3.05) is 11.9 Å². The molecule has 0 radical (unpaired) electrons. The number of alkyl halides is 1. The zero-order valence-electron chi connectivity index (χ0n) is 11.3. The van der Waals surface area contributed by atoms with Crippen LogP contribution in [0.4, 0.5) is 4.79 Å². The van der Waals surface area contributed by atoms with Gasteiger partial charge in [0.1, 0.15) is 0 Å². The molecule has 2 rings (SSSR count). The van der Waals surface area contributed by atoms with E-state index in [4.69, 9.17) is 16.3 Å². The zero-order chi connectivity index (χ0) is 15.4. The van der Waals surface area contributed by atoms with E-state index in [0.29, 0.717) is 21.6 Å². The van der Waals surface area contributed by atoms with Gasteiger partial charge in [-0.15, -0.1) is 0 Å². The third-order valence-corrected chi connectivity index (χ3v) is 3.80. The first-order valence-electron chi connectivity index (χ1n) is 6.36. The van der Waals surface area contributed by atoms with Gasteiger partial charge in [0.2, 0.25) is 0 Å². The Balaban J connectivity index is 2.46. The van der Waals surface area contributed by atoms with Gasteiger partial charge < -0.3 is 15.4 Å². The number of amides is 2. The Labute approximate surface area is 135 Å². The molecule has 1 heterocycles. The van der Waals surface area contributed by atoms with E-state index in [2.05, 4.69) is 26.6 Å². The van der Waals surface area contributed by atoms with Crippen molar-refractivity contribution < 1.29 is 14.3 Å². The van der Waals surface area contributed by atoms with E-state index in [1.165, 1.54) is 0 Å². The molecule has 1 aromatic carbocycles. The number of esters is 1. The van der Waals surface area contributed by atoms with E-state index in [-0.39, 0.29) is 12.6 Å². The molecule has 0 unspecified atom stereocenters. The quantitative estimate of drug-likeness (QED) is 0.630. The third-order valence-electron chi connectivity index (χ3n) is 2.99. The molecule has 2 amide bonds. The first-order valence-corrected chi connectivity index (χ1v) is 7.85. The van der Waals surface area contributed by atoms with Crippen LogP contribution in [0.3, 0.4) is 0 Å². The number of rotatable bonds is 4. The molecule has 0 bridgehead atoms. The number of hydrogen-bond donors (Lipinski definition) is 2. The lowest BCUT2D eigenvalue weighted by Gasteiger charge is -2.28. The number of carbonyl (C=O) groups excluding carboxylic acids is 2. The van der Waals surface area contributed by atoms with Crippen LogP contribution in [0.1, 0.15) is 18.5 Å². The van der Waals surface area contributed by atoms with E-state index in [1.807, 2.05) is 0 Å². The first kappa shape index (κ1) is 15.9. The number of carbonyl (C=O) groups is 2. The van der Waals surface area contributed by atoms with Gasteiger partial charge in [-0.2, -0.15) is 0 Å².